The average Bonchev–Trinajstić information content (AvgIpc) is 2.36. The molecule has 0 bridgehead atoms. The van der Waals surface area contributed by atoms with Crippen LogP contribution in [0.2, 0.25) is 0 Å². The summed E-state index contributed by atoms with van der Waals surface area (Å²) in [6.07, 6.45) is 3.36. The molecule has 2 nitrogen and oxygen atoms in total. The van der Waals surface area contributed by atoms with E-state index in [0.717, 1.165) is 24.9 Å². The van der Waals surface area contributed by atoms with Crippen LogP contribution in [-0.2, 0) is 12.8 Å². The molecule has 0 aromatic heterocycles. The molecule has 0 spiro atoms. The lowest BCUT2D eigenvalue weighted by atomic mass is 9.85. The van der Waals surface area contributed by atoms with Crippen molar-refractivity contribution in [1.82, 2.24) is 4.90 Å². The van der Waals surface area contributed by atoms with E-state index in [9.17, 15) is 0 Å². The first-order chi connectivity index (χ1) is 7.76. The minimum Gasteiger partial charge on any atom is -0.303 e. The molecule has 0 amide bonds. The van der Waals surface area contributed by atoms with Crippen molar-refractivity contribution in [3.63, 3.8) is 0 Å². The molecule has 0 heterocycles. The lowest BCUT2D eigenvalue weighted by Crippen LogP contribution is -2.36. The summed E-state index contributed by atoms with van der Waals surface area (Å²) in [5, 5.41) is 9.11. The topological polar surface area (TPSA) is 27.0 Å². The first-order valence-corrected chi connectivity index (χ1v) is 5.97. The van der Waals surface area contributed by atoms with Crippen molar-refractivity contribution in [2.24, 2.45) is 0 Å². The molecule has 1 aliphatic rings. The molecule has 1 unspecified atom stereocenters. The van der Waals surface area contributed by atoms with Gasteiger partial charge in [0.2, 0.25) is 0 Å². The quantitative estimate of drug-likeness (QED) is 0.755. The normalized spacial score (nSPS) is 19.2. The molecular formula is C14H18N2. The fourth-order valence-corrected chi connectivity index (χ4v) is 2.51. The van der Waals surface area contributed by atoms with Gasteiger partial charge < -0.3 is 4.90 Å². The number of hydrogen-bond acceptors (Lipinski definition) is 2. The SMILES string of the molecule is CCN(C)C1CCc2cccc(C#N)c2C1. The number of nitrogens with zero attached hydrogens (tertiary/aromatic N) is 2. The second-order valence-electron chi connectivity index (χ2n) is 4.52. The van der Waals surface area contributed by atoms with Crippen LogP contribution in [0.3, 0.4) is 0 Å². The minimum atomic E-state index is 0.604. The first-order valence-electron chi connectivity index (χ1n) is 5.97. The van der Waals surface area contributed by atoms with E-state index in [0.29, 0.717) is 6.04 Å². The van der Waals surface area contributed by atoms with Crippen molar-refractivity contribution >= 4 is 0 Å². The van der Waals surface area contributed by atoms with Crippen LogP contribution in [0.1, 0.15) is 30.0 Å². The van der Waals surface area contributed by atoms with E-state index in [-0.39, 0.29) is 0 Å². The maximum absolute atomic E-state index is 9.11. The summed E-state index contributed by atoms with van der Waals surface area (Å²) >= 11 is 0. The van der Waals surface area contributed by atoms with Crippen LogP contribution >= 0.6 is 0 Å². The third-order valence-electron chi connectivity index (χ3n) is 3.70. The summed E-state index contributed by atoms with van der Waals surface area (Å²) in [7, 11) is 2.17. The largest absolute Gasteiger partial charge is 0.303 e. The van der Waals surface area contributed by atoms with Gasteiger partial charge >= 0.3 is 0 Å². The van der Waals surface area contributed by atoms with Gasteiger partial charge in [0.05, 0.1) is 11.6 Å². The van der Waals surface area contributed by atoms with E-state index in [1.54, 1.807) is 0 Å². The highest BCUT2D eigenvalue weighted by Crippen LogP contribution is 2.26. The van der Waals surface area contributed by atoms with E-state index >= 15 is 0 Å². The van der Waals surface area contributed by atoms with Crippen molar-refractivity contribution in [2.75, 3.05) is 13.6 Å². The molecule has 84 valence electrons. The van der Waals surface area contributed by atoms with Crippen LogP contribution in [0, 0.1) is 11.3 Å². The van der Waals surface area contributed by atoms with Crippen LogP contribution < -0.4 is 0 Å². The van der Waals surface area contributed by atoms with Gasteiger partial charge in [-0.3, -0.25) is 0 Å². The van der Waals surface area contributed by atoms with Crippen LogP contribution in [0.25, 0.3) is 0 Å². The van der Waals surface area contributed by atoms with Gasteiger partial charge in [0.25, 0.3) is 0 Å². The van der Waals surface area contributed by atoms with Gasteiger partial charge in [-0.1, -0.05) is 19.1 Å². The second-order valence-corrected chi connectivity index (χ2v) is 4.52. The Kier molecular flexibility index (Phi) is 3.26. The molecule has 2 rings (SSSR count). The summed E-state index contributed by atoms with van der Waals surface area (Å²) in [4.78, 5) is 2.39. The summed E-state index contributed by atoms with van der Waals surface area (Å²) in [5.41, 5.74) is 3.52. The summed E-state index contributed by atoms with van der Waals surface area (Å²) in [6.45, 7) is 3.26. The molecule has 1 aliphatic carbocycles. The van der Waals surface area contributed by atoms with Gasteiger partial charge in [-0.25, -0.2) is 0 Å². The van der Waals surface area contributed by atoms with Crippen LogP contribution in [0.4, 0.5) is 0 Å². The van der Waals surface area contributed by atoms with E-state index < -0.39 is 0 Å². The predicted molar refractivity (Wildman–Crippen MR) is 65.3 cm³/mol. The third kappa shape index (κ3) is 1.96. The van der Waals surface area contributed by atoms with Crippen molar-refractivity contribution in [2.45, 2.75) is 32.2 Å². The molecule has 1 aromatic carbocycles. The number of fused-ring (bicyclic) bond motifs is 1. The highest BCUT2D eigenvalue weighted by atomic mass is 15.1. The fraction of sp³-hybridized carbons (Fsp3) is 0.500. The van der Waals surface area contributed by atoms with Gasteiger partial charge in [-0.2, -0.15) is 5.26 Å². The van der Waals surface area contributed by atoms with Crippen LogP contribution in [-0.4, -0.2) is 24.5 Å². The van der Waals surface area contributed by atoms with E-state index in [2.05, 4.69) is 31.0 Å². The Labute approximate surface area is 97.5 Å². The maximum Gasteiger partial charge on any atom is 0.0994 e. The van der Waals surface area contributed by atoms with Crippen LogP contribution in [0.5, 0.6) is 0 Å². The smallest absolute Gasteiger partial charge is 0.0994 e. The Morgan fingerprint density at radius 3 is 3.00 bits per heavy atom. The molecule has 0 radical (unpaired) electrons. The Balaban J connectivity index is 2.29. The lowest BCUT2D eigenvalue weighted by Gasteiger charge is -2.32. The highest BCUT2D eigenvalue weighted by molar-refractivity contribution is 5.44. The molecule has 0 fully saturated rings. The van der Waals surface area contributed by atoms with E-state index in [4.69, 9.17) is 5.26 Å². The molecule has 0 aliphatic heterocycles. The van der Waals surface area contributed by atoms with Gasteiger partial charge in [-0.15, -0.1) is 0 Å². The Morgan fingerprint density at radius 2 is 2.31 bits per heavy atom. The number of aryl methyl sites for hydroxylation is 1. The zero-order valence-corrected chi connectivity index (χ0v) is 10.0. The van der Waals surface area contributed by atoms with E-state index in [1.807, 2.05) is 12.1 Å². The standard InChI is InChI=1S/C14H18N2/c1-3-16(2)13-8-7-11-5-4-6-12(10-15)14(11)9-13/h4-6,13H,3,7-9H2,1-2H3. The molecule has 16 heavy (non-hydrogen) atoms. The molecule has 1 aromatic rings. The van der Waals surface area contributed by atoms with Crippen molar-refractivity contribution in [1.29, 1.82) is 5.26 Å². The van der Waals surface area contributed by atoms with Crippen molar-refractivity contribution in [3.05, 3.63) is 34.9 Å². The number of benzene rings is 1. The maximum atomic E-state index is 9.11. The lowest BCUT2D eigenvalue weighted by molar-refractivity contribution is 0.232. The van der Waals surface area contributed by atoms with E-state index in [1.165, 1.54) is 17.5 Å². The fourth-order valence-electron chi connectivity index (χ4n) is 2.51. The van der Waals surface area contributed by atoms with Gasteiger partial charge in [-0.05, 0) is 50.0 Å². The summed E-state index contributed by atoms with van der Waals surface area (Å²) in [6, 6.07) is 9.02. The molecule has 0 N–H and O–H groups in total. The first kappa shape index (κ1) is 11.2. The highest BCUT2D eigenvalue weighted by Gasteiger charge is 2.22. The Morgan fingerprint density at radius 1 is 1.50 bits per heavy atom. The number of likely N-dealkylation sites (N-methyl/N-ethyl adjacent to an activating group) is 1. The summed E-state index contributed by atoms with van der Waals surface area (Å²) in [5.74, 6) is 0. The van der Waals surface area contributed by atoms with Gasteiger partial charge in [0.1, 0.15) is 0 Å². The van der Waals surface area contributed by atoms with Crippen LogP contribution in [0.15, 0.2) is 18.2 Å². The van der Waals surface area contributed by atoms with Crippen molar-refractivity contribution < 1.29 is 0 Å². The third-order valence-corrected chi connectivity index (χ3v) is 3.70. The zero-order valence-electron chi connectivity index (χ0n) is 10.0. The molecule has 2 heteroatoms. The number of hydrogen-bond donors (Lipinski definition) is 0. The number of rotatable bonds is 2. The summed E-state index contributed by atoms with van der Waals surface area (Å²) < 4.78 is 0. The predicted octanol–water partition coefficient (Wildman–Crippen LogP) is 2.37. The molecule has 0 saturated heterocycles. The van der Waals surface area contributed by atoms with Gasteiger partial charge in [0.15, 0.2) is 0 Å². The molecule has 0 saturated carbocycles. The molecular weight excluding hydrogens is 196 g/mol. The van der Waals surface area contributed by atoms with Crippen molar-refractivity contribution in [3.8, 4) is 6.07 Å². The zero-order chi connectivity index (χ0) is 11.5. The van der Waals surface area contributed by atoms with Gasteiger partial charge in [0, 0.05) is 6.04 Å². The monoisotopic (exact) mass is 214 g/mol. The Bertz CT molecular complexity index is 417. The second kappa shape index (κ2) is 4.67. The average molecular weight is 214 g/mol. The molecule has 1 atom stereocenters. The minimum absolute atomic E-state index is 0.604. The Hall–Kier alpha value is -1.33. The number of nitriles is 1.